The number of nitrogens with one attached hydrogen (secondary N) is 3. The van der Waals surface area contributed by atoms with Crippen LogP contribution in [0.3, 0.4) is 0 Å². The van der Waals surface area contributed by atoms with Gasteiger partial charge in [-0.2, -0.15) is 0 Å². The topological polar surface area (TPSA) is 87.3 Å². The van der Waals surface area contributed by atoms with Crippen LogP contribution in [0.15, 0.2) is 18.2 Å². The molecule has 2 atom stereocenters. The molecular formula is C15H24ClN3O3S. The van der Waals surface area contributed by atoms with Crippen molar-refractivity contribution < 1.29 is 13.2 Å². The number of piperidine rings is 1. The molecule has 130 valence electrons. The van der Waals surface area contributed by atoms with Gasteiger partial charge in [0.1, 0.15) is 0 Å². The van der Waals surface area contributed by atoms with Crippen molar-refractivity contribution in [1.29, 1.82) is 0 Å². The largest absolute Gasteiger partial charge is 0.349 e. The second-order valence-corrected chi connectivity index (χ2v) is 7.70. The number of anilines is 1. The minimum absolute atomic E-state index is 0. The average molecular weight is 362 g/mol. The predicted molar refractivity (Wildman–Crippen MR) is 94.8 cm³/mol. The highest BCUT2D eigenvalue weighted by Crippen LogP contribution is 2.18. The Morgan fingerprint density at radius 3 is 2.65 bits per heavy atom. The fourth-order valence-electron chi connectivity index (χ4n) is 2.60. The Labute approximate surface area is 143 Å². The summed E-state index contributed by atoms with van der Waals surface area (Å²) in [5.74, 6) is -0.171. The first-order chi connectivity index (χ1) is 10.2. The highest BCUT2D eigenvalue weighted by molar-refractivity contribution is 7.92. The molecule has 0 radical (unpaired) electrons. The van der Waals surface area contributed by atoms with Crippen molar-refractivity contribution in [3.63, 3.8) is 0 Å². The zero-order valence-electron chi connectivity index (χ0n) is 13.5. The first-order valence-electron chi connectivity index (χ1n) is 7.37. The Morgan fingerprint density at radius 1 is 1.35 bits per heavy atom. The molecule has 1 heterocycles. The van der Waals surface area contributed by atoms with Crippen molar-refractivity contribution in [3.8, 4) is 0 Å². The van der Waals surface area contributed by atoms with Gasteiger partial charge in [-0.05, 0) is 50.9 Å². The van der Waals surface area contributed by atoms with Crippen molar-refractivity contribution in [2.75, 3.05) is 17.5 Å². The van der Waals surface area contributed by atoms with Crippen LogP contribution in [0.2, 0.25) is 0 Å². The Hall–Kier alpha value is -1.31. The normalized spacial score (nSPS) is 21.2. The number of carbonyl (C=O) groups excluding carboxylic acids is 1. The molecule has 1 saturated heterocycles. The van der Waals surface area contributed by atoms with Gasteiger partial charge in [0.25, 0.3) is 5.91 Å². The van der Waals surface area contributed by atoms with E-state index in [2.05, 4.69) is 22.3 Å². The molecule has 0 saturated carbocycles. The van der Waals surface area contributed by atoms with E-state index < -0.39 is 10.0 Å². The highest BCUT2D eigenvalue weighted by atomic mass is 35.5. The number of aryl methyl sites for hydroxylation is 1. The number of rotatable bonds is 4. The third kappa shape index (κ3) is 6.01. The van der Waals surface area contributed by atoms with Gasteiger partial charge in [-0.15, -0.1) is 12.4 Å². The summed E-state index contributed by atoms with van der Waals surface area (Å²) in [6, 6.07) is 5.57. The zero-order valence-corrected chi connectivity index (χ0v) is 15.2. The van der Waals surface area contributed by atoms with Gasteiger partial charge in [-0.1, -0.05) is 6.07 Å². The molecule has 23 heavy (non-hydrogen) atoms. The van der Waals surface area contributed by atoms with E-state index in [-0.39, 0.29) is 24.4 Å². The van der Waals surface area contributed by atoms with Crippen LogP contribution in [-0.4, -0.2) is 39.2 Å². The molecule has 1 aromatic carbocycles. The Balaban J connectivity index is 0.00000264. The molecule has 0 bridgehead atoms. The summed E-state index contributed by atoms with van der Waals surface area (Å²) in [6.45, 7) is 4.78. The van der Waals surface area contributed by atoms with E-state index in [1.165, 1.54) is 0 Å². The van der Waals surface area contributed by atoms with Crippen LogP contribution in [0.1, 0.15) is 35.7 Å². The molecule has 2 rings (SSSR count). The molecule has 1 aliphatic heterocycles. The fourth-order valence-corrected chi connectivity index (χ4v) is 3.22. The van der Waals surface area contributed by atoms with Gasteiger partial charge in [-0.3, -0.25) is 9.52 Å². The Morgan fingerprint density at radius 2 is 2.04 bits per heavy atom. The van der Waals surface area contributed by atoms with E-state index in [1.807, 2.05) is 0 Å². The first kappa shape index (κ1) is 19.7. The number of halogens is 1. The lowest BCUT2D eigenvalue weighted by atomic mass is 10.00. The molecule has 3 N–H and O–H groups in total. The maximum absolute atomic E-state index is 12.3. The van der Waals surface area contributed by atoms with Gasteiger partial charge in [0.15, 0.2) is 0 Å². The number of carbonyl (C=O) groups is 1. The van der Waals surface area contributed by atoms with Crippen LogP contribution in [0, 0.1) is 6.92 Å². The minimum atomic E-state index is -3.37. The number of benzene rings is 1. The van der Waals surface area contributed by atoms with Crippen molar-refractivity contribution >= 4 is 34.0 Å². The number of hydrogen-bond acceptors (Lipinski definition) is 4. The summed E-state index contributed by atoms with van der Waals surface area (Å²) in [6.07, 6.45) is 2.89. The van der Waals surface area contributed by atoms with Crippen LogP contribution >= 0.6 is 12.4 Å². The highest BCUT2D eigenvalue weighted by Gasteiger charge is 2.20. The standard InChI is InChI=1S/C15H23N3O3S.ClH/c1-10-4-5-12(9-14(10)18-22(3,20)21)15(19)17-13-6-7-16-11(2)8-13;/h4-5,9,11,13,16,18H,6-8H2,1-3H3,(H,17,19);1H. The number of sulfonamides is 1. The molecule has 0 spiro atoms. The fraction of sp³-hybridized carbons (Fsp3) is 0.533. The first-order valence-corrected chi connectivity index (χ1v) is 9.26. The lowest BCUT2D eigenvalue weighted by Crippen LogP contribution is -2.46. The summed E-state index contributed by atoms with van der Waals surface area (Å²) in [7, 11) is -3.37. The van der Waals surface area contributed by atoms with Crippen molar-refractivity contribution in [1.82, 2.24) is 10.6 Å². The van der Waals surface area contributed by atoms with E-state index in [0.717, 1.165) is 31.2 Å². The molecular weight excluding hydrogens is 338 g/mol. The van der Waals surface area contributed by atoms with E-state index in [0.29, 0.717) is 17.3 Å². The smallest absolute Gasteiger partial charge is 0.251 e. The van der Waals surface area contributed by atoms with E-state index >= 15 is 0 Å². The van der Waals surface area contributed by atoms with Gasteiger partial charge < -0.3 is 10.6 Å². The number of hydrogen-bond donors (Lipinski definition) is 3. The third-order valence-electron chi connectivity index (χ3n) is 3.75. The van der Waals surface area contributed by atoms with E-state index in [9.17, 15) is 13.2 Å². The molecule has 0 aliphatic carbocycles. The van der Waals surface area contributed by atoms with Crippen molar-refractivity contribution in [2.45, 2.75) is 38.8 Å². The van der Waals surface area contributed by atoms with Gasteiger partial charge in [-0.25, -0.2) is 8.42 Å². The molecule has 6 nitrogen and oxygen atoms in total. The summed E-state index contributed by atoms with van der Waals surface area (Å²) in [5, 5.41) is 6.36. The lowest BCUT2D eigenvalue weighted by Gasteiger charge is -2.28. The maximum atomic E-state index is 12.3. The van der Waals surface area contributed by atoms with Gasteiger partial charge in [0.2, 0.25) is 10.0 Å². The quantitative estimate of drug-likeness (QED) is 0.761. The molecule has 0 aromatic heterocycles. The van der Waals surface area contributed by atoms with Gasteiger partial charge in [0, 0.05) is 17.6 Å². The van der Waals surface area contributed by atoms with Crippen LogP contribution in [0.25, 0.3) is 0 Å². The monoisotopic (exact) mass is 361 g/mol. The van der Waals surface area contributed by atoms with Gasteiger partial charge >= 0.3 is 0 Å². The van der Waals surface area contributed by atoms with Crippen LogP contribution in [0.5, 0.6) is 0 Å². The number of amides is 1. The summed E-state index contributed by atoms with van der Waals surface area (Å²) in [5.41, 5.74) is 1.68. The summed E-state index contributed by atoms with van der Waals surface area (Å²) in [4.78, 5) is 12.3. The minimum Gasteiger partial charge on any atom is -0.349 e. The zero-order chi connectivity index (χ0) is 16.3. The van der Waals surface area contributed by atoms with Gasteiger partial charge in [0.05, 0.1) is 11.9 Å². The summed E-state index contributed by atoms with van der Waals surface area (Å²) >= 11 is 0. The Bertz CT molecular complexity index is 664. The molecule has 8 heteroatoms. The van der Waals surface area contributed by atoms with Crippen LogP contribution in [0.4, 0.5) is 5.69 Å². The second-order valence-electron chi connectivity index (χ2n) is 5.95. The van der Waals surface area contributed by atoms with Crippen molar-refractivity contribution in [2.24, 2.45) is 0 Å². The molecule has 1 amide bonds. The van der Waals surface area contributed by atoms with Crippen LogP contribution in [-0.2, 0) is 10.0 Å². The SMILES string of the molecule is Cc1ccc(C(=O)NC2CCNC(C)C2)cc1NS(C)(=O)=O.Cl. The Kier molecular flexibility index (Phi) is 6.85. The average Bonchev–Trinajstić information content (AvgIpc) is 2.39. The van der Waals surface area contributed by atoms with E-state index in [4.69, 9.17) is 0 Å². The maximum Gasteiger partial charge on any atom is 0.251 e. The molecule has 1 aromatic rings. The molecule has 1 fully saturated rings. The summed E-state index contributed by atoms with van der Waals surface area (Å²) < 4.78 is 25.2. The van der Waals surface area contributed by atoms with Crippen LogP contribution < -0.4 is 15.4 Å². The lowest BCUT2D eigenvalue weighted by molar-refractivity contribution is 0.0925. The van der Waals surface area contributed by atoms with Crippen molar-refractivity contribution in [3.05, 3.63) is 29.3 Å². The molecule has 1 aliphatic rings. The second kappa shape index (κ2) is 7.99. The predicted octanol–water partition coefficient (Wildman–Crippen LogP) is 1.66. The van der Waals surface area contributed by atoms with E-state index in [1.54, 1.807) is 25.1 Å². The molecule has 2 unspecified atom stereocenters. The third-order valence-corrected chi connectivity index (χ3v) is 4.34.